The van der Waals surface area contributed by atoms with E-state index in [4.69, 9.17) is 11.5 Å². The van der Waals surface area contributed by atoms with Crippen LogP contribution in [0, 0.1) is 35.0 Å². The first kappa shape index (κ1) is 21.7. The predicted octanol–water partition coefficient (Wildman–Crippen LogP) is 5.23. The summed E-state index contributed by atoms with van der Waals surface area (Å²) in [4.78, 5) is 0. The highest BCUT2D eigenvalue weighted by molar-refractivity contribution is 14.1. The number of alkyl halides is 1. The highest BCUT2D eigenvalue weighted by atomic mass is 127. The Morgan fingerprint density at radius 3 is 1.74 bits per heavy atom. The molecule has 0 saturated heterocycles. The quantitative estimate of drug-likeness (QED) is 0.384. The second-order valence-electron chi connectivity index (χ2n) is 9.16. The molecule has 0 bridgehead atoms. The van der Waals surface area contributed by atoms with Crippen molar-refractivity contribution in [2.75, 3.05) is 0 Å². The largest absolute Gasteiger partial charge is 0.327 e. The lowest BCUT2D eigenvalue weighted by Crippen LogP contribution is -2.47. The summed E-state index contributed by atoms with van der Waals surface area (Å²) < 4.78 is 0.737. The second kappa shape index (κ2) is 8.84. The van der Waals surface area contributed by atoms with Gasteiger partial charge in [-0.05, 0) is 61.2 Å². The SMILES string of the molecule is CC(N)C(N)C(C)C(C)C(C)C(C)C(I)C(C)CC1(C)CCC1. The molecule has 0 aliphatic heterocycles. The van der Waals surface area contributed by atoms with Crippen LogP contribution in [0.5, 0.6) is 0 Å². The molecule has 4 N–H and O–H groups in total. The van der Waals surface area contributed by atoms with Crippen LogP contribution in [0.1, 0.15) is 74.1 Å². The molecular weight excluding hydrogens is 395 g/mol. The van der Waals surface area contributed by atoms with Gasteiger partial charge in [-0.2, -0.15) is 0 Å². The molecule has 8 unspecified atom stereocenters. The Hall–Kier alpha value is 0.650. The summed E-state index contributed by atoms with van der Waals surface area (Å²) in [5.41, 5.74) is 13.0. The lowest BCUT2D eigenvalue weighted by molar-refractivity contribution is 0.107. The molecule has 138 valence electrons. The van der Waals surface area contributed by atoms with Gasteiger partial charge in [0.05, 0.1) is 0 Å². The number of hydrogen-bond donors (Lipinski definition) is 2. The third-order valence-electron chi connectivity index (χ3n) is 7.12. The summed E-state index contributed by atoms with van der Waals surface area (Å²) in [6, 6.07) is 0.168. The minimum absolute atomic E-state index is 0.0721. The van der Waals surface area contributed by atoms with Gasteiger partial charge < -0.3 is 11.5 Å². The molecule has 8 atom stereocenters. The normalized spacial score (nSPS) is 27.9. The van der Waals surface area contributed by atoms with Crippen molar-refractivity contribution in [1.29, 1.82) is 0 Å². The molecule has 0 aromatic rings. The average Bonchev–Trinajstić information content (AvgIpc) is 2.48. The number of halogens is 1. The molecule has 1 rings (SSSR count). The molecule has 0 amide bonds. The molecular formula is C20H41IN2. The van der Waals surface area contributed by atoms with Gasteiger partial charge in [0, 0.05) is 16.0 Å². The van der Waals surface area contributed by atoms with Gasteiger partial charge in [-0.3, -0.25) is 0 Å². The van der Waals surface area contributed by atoms with Gasteiger partial charge in [-0.15, -0.1) is 0 Å². The Bertz CT molecular complexity index is 354. The van der Waals surface area contributed by atoms with E-state index in [2.05, 4.69) is 64.1 Å². The first-order valence-electron chi connectivity index (χ1n) is 9.65. The zero-order valence-corrected chi connectivity index (χ0v) is 18.6. The van der Waals surface area contributed by atoms with Gasteiger partial charge in [0.1, 0.15) is 0 Å². The first-order valence-corrected chi connectivity index (χ1v) is 10.9. The first-order chi connectivity index (χ1) is 10.5. The smallest absolute Gasteiger partial charge is 0.0218 e. The maximum Gasteiger partial charge on any atom is 0.0218 e. The minimum atomic E-state index is 0.0721. The molecule has 0 aromatic heterocycles. The Morgan fingerprint density at radius 2 is 1.35 bits per heavy atom. The number of nitrogens with two attached hydrogens (primary N) is 2. The molecule has 23 heavy (non-hydrogen) atoms. The van der Waals surface area contributed by atoms with E-state index in [1.165, 1.54) is 25.7 Å². The topological polar surface area (TPSA) is 52.0 Å². The minimum Gasteiger partial charge on any atom is -0.327 e. The predicted molar refractivity (Wildman–Crippen MR) is 112 cm³/mol. The molecule has 1 aliphatic carbocycles. The molecule has 1 saturated carbocycles. The van der Waals surface area contributed by atoms with Crippen LogP contribution >= 0.6 is 22.6 Å². The van der Waals surface area contributed by atoms with Crippen molar-refractivity contribution in [1.82, 2.24) is 0 Å². The van der Waals surface area contributed by atoms with Crippen LogP contribution in [-0.4, -0.2) is 16.0 Å². The molecule has 0 aromatic carbocycles. The third kappa shape index (κ3) is 5.57. The number of rotatable bonds is 9. The molecule has 2 nitrogen and oxygen atoms in total. The summed E-state index contributed by atoms with van der Waals surface area (Å²) in [5, 5.41) is 0. The molecule has 3 heteroatoms. The molecule has 0 spiro atoms. The van der Waals surface area contributed by atoms with Gasteiger partial charge in [-0.25, -0.2) is 0 Å². The van der Waals surface area contributed by atoms with Gasteiger partial charge in [0.2, 0.25) is 0 Å². The summed E-state index contributed by atoms with van der Waals surface area (Å²) in [6.45, 7) is 16.5. The van der Waals surface area contributed by atoms with Crippen molar-refractivity contribution in [3.8, 4) is 0 Å². The van der Waals surface area contributed by atoms with Crippen LogP contribution in [0.3, 0.4) is 0 Å². The van der Waals surface area contributed by atoms with E-state index in [1.807, 2.05) is 6.92 Å². The Kier molecular flexibility index (Phi) is 8.34. The molecule has 0 radical (unpaired) electrons. The van der Waals surface area contributed by atoms with E-state index in [0.29, 0.717) is 29.1 Å². The van der Waals surface area contributed by atoms with Crippen LogP contribution in [0.25, 0.3) is 0 Å². The van der Waals surface area contributed by atoms with Gasteiger partial charge in [0.15, 0.2) is 0 Å². The van der Waals surface area contributed by atoms with Crippen molar-refractivity contribution >= 4 is 22.6 Å². The van der Waals surface area contributed by atoms with E-state index >= 15 is 0 Å². The Labute approximate surface area is 159 Å². The van der Waals surface area contributed by atoms with E-state index in [-0.39, 0.29) is 12.1 Å². The fraction of sp³-hybridized carbons (Fsp3) is 1.00. The Balaban J connectivity index is 2.61. The van der Waals surface area contributed by atoms with Gasteiger partial charge >= 0.3 is 0 Å². The van der Waals surface area contributed by atoms with Crippen LogP contribution in [0.2, 0.25) is 0 Å². The summed E-state index contributed by atoms with van der Waals surface area (Å²) in [5.74, 6) is 3.26. The third-order valence-corrected chi connectivity index (χ3v) is 9.49. The maximum absolute atomic E-state index is 6.32. The fourth-order valence-corrected chi connectivity index (χ4v) is 5.38. The monoisotopic (exact) mass is 436 g/mol. The van der Waals surface area contributed by atoms with Crippen molar-refractivity contribution in [2.45, 2.75) is 90.2 Å². The highest BCUT2D eigenvalue weighted by Gasteiger charge is 2.37. The van der Waals surface area contributed by atoms with Crippen LogP contribution in [-0.2, 0) is 0 Å². The summed E-state index contributed by atoms with van der Waals surface area (Å²) >= 11 is 2.72. The van der Waals surface area contributed by atoms with E-state index in [1.54, 1.807) is 0 Å². The van der Waals surface area contributed by atoms with E-state index in [0.717, 1.165) is 9.84 Å². The van der Waals surface area contributed by atoms with E-state index < -0.39 is 0 Å². The standard InChI is InChI=1S/C20H41IN2/c1-12(11-20(7)9-8-10-20)18(21)15(4)13(2)14(3)16(5)19(23)17(6)22/h12-19H,8-11,22-23H2,1-7H3. The lowest BCUT2D eigenvalue weighted by Gasteiger charge is -2.43. The maximum atomic E-state index is 6.32. The van der Waals surface area contributed by atoms with Crippen LogP contribution in [0.15, 0.2) is 0 Å². The van der Waals surface area contributed by atoms with Gasteiger partial charge in [0.25, 0.3) is 0 Å². The lowest BCUT2D eigenvalue weighted by atomic mass is 9.64. The zero-order chi connectivity index (χ0) is 17.9. The van der Waals surface area contributed by atoms with Crippen LogP contribution in [0.4, 0.5) is 0 Å². The van der Waals surface area contributed by atoms with Crippen LogP contribution < -0.4 is 11.5 Å². The van der Waals surface area contributed by atoms with Crippen molar-refractivity contribution < 1.29 is 0 Å². The fourth-order valence-electron chi connectivity index (χ4n) is 4.47. The molecule has 1 fully saturated rings. The second-order valence-corrected chi connectivity index (χ2v) is 10.6. The van der Waals surface area contributed by atoms with E-state index in [9.17, 15) is 0 Å². The average molecular weight is 436 g/mol. The van der Waals surface area contributed by atoms with Crippen molar-refractivity contribution in [3.05, 3.63) is 0 Å². The molecule has 0 heterocycles. The Morgan fingerprint density at radius 1 is 0.870 bits per heavy atom. The zero-order valence-electron chi connectivity index (χ0n) is 16.5. The van der Waals surface area contributed by atoms with Crippen molar-refractivity contribution in [2.24, 2.45) is 46.5 Å². The highest BCUT2D eigenvalue weighted by Crippen LogP contribution is 2.47. The van der Waals surface area contributed by atoms with Gasteiger partial charge in [-0.1, -0.05) is 70.6 Å². The molecule has 1 aliphatic rings. The summed E-state index contributed by atoms with van der Waals surface area (Å²) in [7, 11) is 0. The van der Waals surface area contributed by atoms with Crippen molar-refractivity contribution in [3.63, 3.8) is 0 Å². The number of hydrogen-bond acceptors (Lipinski definition) is 2. The summed E-state index contributed by atoms with van der Waals surface area (Å²) in [6.07, 6.45) is 5.69.